The number of benzene rings is 1. The molecular weight excluding hydrogens is 392 g/mol. The lowest BCUT2D eigenvalue weighted by molar-refractivity contribution is -0.0712. The highest BCUT2D eigenvalue weighted by Gasteiger charge is 2.43. The van der Waals surface area contributed by atoms with Gasteiger partial charge >= 0.3 is 0 Å². The van der Waals surface area contributed by atoms with E-state index in [4.69, 9.17) is 4.74 Å². The maximum Gasteiger partial charge on any atom is 0.253 e. The van der Waals surface area contributed by atoms with Crippen molar-refractivity contribution in [1.29, 1.82) is 0 Å². The maximum atomic E-state index is 12.7. The molecule has 1 N–H and O–H groups in total. The summed E-state index contributed by atoms with van der Waals surface area (Å²) in [5.74, 6) is -0.0231. The van der Waals surface area contributed by atoms with Gasteiger partial charge in [-0.2, -0.15) is 0 Å². The molecule has 2 aliphatic rings. The van der Waals surface area contributed by atoms with Gasteiger partial charge in [0, 0.05) is 62.9 Å². The average molecular weight is 423 g/mol. The molecule has 2 aliphatic heterocycles. The van der Waals surface area contributed by atoms with Gasteiger partial charge in [-0.25, -0.2) is 0 Å². The Morgan fingerprint density at radius 2 is 1.87 bits per heavy atom. The molecule has 164 valence electrons. The van der Waals surface area contributed by atoms with Crippen LogP contribution in [0.25, 0.3) is 0 Å². The largest absolute Gasteiger partial charge is 0.378 e. The minimum atomic E-state index is -0.171. The molecule has 1 aromatic heterocycles. The van der Waals surface area contributed by atoms with Crippen LogP contribution < -0.4 is 10.2 Å². The predicted molar refractivity (Wildman–Crippen MR) is 119 cm³/mol. The fourth-order valence-electron chi connectivity index (χ4n) is 4.44. The van der Waals surface area contributed by atoms with Crippen molar-refractivity contribution in [3.8, 4) is 0 Å². The van der Waals surface area contributed by atoms with Crippen LogP contribution in [0.2, 0.25) is 0 Å². The van der Waals surface area contributed by atoms with E-state index >= 15 is 0 Å². The SMILES string of the molecule is CN(C)c1cccc(C(=O)NC[C@@H]2CCC3(CCN(C(=O)c4ccncc4)CC3)O2)c1. The molecule has 7 heteroatoms. The number of aromatic nitrogens is 1. The first kappa shape index (κ1) is 21.3. The van der Waals surface area contributed by atoms with Crippen LogP contribution >= 0.6 is 0 Å². The van der Waals surface area contributed by atoms with Crippen LogP contribution in [-0.2, 0) is 4.74 Å². The molecule has 31 heavy (non-hydrogen) atoms. The third-order valence-electron chi connectivity index (χ3n) is 6.34. The van der Waals surface area contributed by atoms with Crippen molar-refractivity contribution in [3.63, 3.8) is 0 Å². The molecule has 0 bridgehead atoms. The van der Waals surface area contributed by atoms with Crippen LogP contribution in [0.4, 0.5) is 5.69 Å². The van der Waals surface area contributed by atoms with E-state index in [9.17, 15) is 9.59 Å². The number of anilines is 1. The molecule has 2 saturated heterocycles. The van der Waals surface area contributed by atoms with Gasteiger partial charge in [-0.05, 0) is 56.0 Å². The number of rotatable bonds is 5. The van der Waals surface area contributed by atoms with Crippen LogP contribution in [-0.4, -0.2) is 67.1 Å². The minimum absolute atomic E-state index is 0.0171. The molecule has 1 aromatic carbocycles. The standard InChI is InChI=1S/C24H30N4O3/c1-27(2)20-5-3-4-19(16-20)22(29)26-17-21-6-9-24(31-21)10-14-28(15-11-24)23(30)18-7-12-25-13-8-18/h3-5,7-8,12-13,16,21H,6,9-11,14-15,17H2,1-2H3,(H,26,29)/t21-/m0/s1. The summed E-state index contributed by atoms with van der Waals surface area (Å²) in [6.45, 7) is 1.89. The highest BCUT2D eigenvalue weighted by atomic mass is 16.5. The van der Waals surface area contributed by atoms with E-state index < -0.39 is 0 Å². The first-order valence-electron chi connectivity index (χ1n) is 10.9. The Bertz CT molecular complexity index is 923. The third-order valence-corrected chi connectivity index (χ3v) is 6.34. The van der Waals surface area contributed by atoms with Crippen LogP contribution in [0.1, 0.15) is 46.4 Å². The summed E-state index contributed by atoms with van der Waals surface area (Å²) >= 11 is 0. The van der Waals surface area contributed by atoms with E-state index in [0.717, 1.165) is 31.4 Å². The number of likely N-dealkylation sites (tertiary alicyclic amines) is 1. The molecule has 4 rings (SSSR count). The monoisotopic (exact) mass is 422 g/mol. The van der Waals surface area contributed by atoms with Gasteiger partial charge < -0.3 is 19.9 Å². The van der Waals surface area contributed by atoms with Crippen LogP contribution in [0.5, 0.6) is 0 Å². The van der Waals surface area contributed by atoms with Crippen molar-refractivity contribution in [2.45, 2.75) is 37.4 Å². The minimum Gasteiger partial charge on any atom is -0.378 e. The number of nitrogens with one attached hydrogen (secondary N) is 1. The molecule has 1 spiro atoms. The second-order valence-electron chi connectivity index (χ2n) is 8.64. The molecule has 0 radical (unpaired) electrons. The molecule has 1 atom stereocenters. The summed E-state index contributed by atoms with van der Waals surface area (Å²) in [7, 11) is 3.91. The first-order chi connectivity index (χ1) is 15.0. The number of piperidine rings is 1. The zero-order valence-electron chi connectivity index (χ0n) is 18.2. The highest BCUT2D eigenvalue weighted by Crippen LogP contribution is 2.39. The molecule has 0 aliphatic carbocycles. The number of nitrogens with zero attached hydrogens (tertiary/aromatic N) is 3. The lowest BCUT2D eigenvalue weighted by atomic mass is 9.88. The zero-order chi connectivity index (χ0) is 21.8. The van der Waals surface area contributed by atoms with E-state index in [-0.39, 0.29) is 23.5 Å². The molecule has 3 heterocycles. The van der Waals surface area contributed by atoms with Gasteiger partial charge in [0.2, 0.25) is 0 Å². The molecule has 2 fully saturated rings. The van der Waals surface area contributed by atoms with Crippen LogP contribution in [0.3, 0.4) is 0 Å². The van der Waals surface area contributed by atoms with Crippen molar-refractivity contribution in [1.82, 2.24) is 15.2 Å². The zero-order valence-corrected chi connectivity index (χ0v) is 18.2. The third kappa shape index (κ3) is 4.88. The Hall–Kier alpha value is -2.93. The lowest BCUT2D eigenvalue weighted by Crippen LogP contribution is -2.47. The van der Waals surface area contributed by atoms with Gasteiger partial charge in [-0.15, -0.1) is 0 Å². The lowest BCUT2D eigenvalue weighted by Gasteiger charge is -2.39. The molecule has 7 nitrogen and oxygen atoms in total. The highest BCUT2D eigenvalue weighted by molar-refractivity contribution is 5.95. The van der Waals surface area contributed by atoms with E-state index in [0.29, 0.717) is 30.8 Å². The smallest absolute Gasteiger partial charge is 0.253 e. The summed E-state index contributed by atoms with van der Waals surface area (Å²) in [5, 5.41) is 3.02. The van der Waals surface area contributed by atoms with Crippen LogP contribution in [0.15, 0.2) is 48.8 Å². The average Bonchev–Trinajstić information content (AvgIpc) is 3.20. The molecule has 2 amide bonds. The Labute approximate surface area is 183 Å². The van der Waals surface area contributed by atoms with E-state index in [1.165, 1.54) is 0 Å². The van der Waals surface area contributed by atoms with Gasteiger partial charge in [-0.3, -0.25) is 14.6 Å². The molecule has 0 unspecified atom stereocenters. The van der Waals surface area contributed by atoms with Crippen molar-refractivity contribution in [2.24, 2.45) is 0 Å². The van der Waals surface area contributed by atoms with Gasteiger partial charge in [0.05, 0.1) is 11.7 Å². The quantitative estimate of drug-likeness (QED) is 0.802. The molecule has 0 saturated carbocycles. The van der Waals surface area contributed by atoms with Crippen molar-refractivity contribution >= 4 is 17.5 Å². The Balaban J connectivity index is 1.27. The summed E-state index contributed by atoms with van der Waals surface area (Å²) in [5.41, 5.74) is 2.16. The summed E-state index contributed by atoms with van der Waals surface area (Å²) in [4.78, 5) is 33.1. The van der Waals surface area contributed by atoms with Gasteiger partial charge in [0.1, 0.15) is 0 Å². The second-order valence-corrected chi connectivity index (χ2v) is 8.64. The van der Waals surface area contributed by atoms with Crippen molar-refractivity contribution in [2.75, 3.05) is 38.6 Å². The van der Waals surface area contributed by atoms with Crippen molar-refractivity contribution in [3.05, 3.63) is 59.9 Å². The Morgan fingerprint density at radius 1 is 1.13 bits per heavy atom. The number of carbonyl (C=O) groups is 2. The number of hydrogen-bond acceptors (Lipinski definition) is 5. The summed E-state index contributed by atoms with van der Waals surface area (Å²) in [6, 6.07) is 11.1. The fraction of sp³-hybridized carbons (Fsp3) is 0.458. The van der Waals surface area contributed by atoms with Gasteiger partial charge in [-0.1, -0.05) is 6.07 Å². The summed E-state index contributed by atoms with van der Waals surface area (Å²) in [6.07, 6.45) is 6.88. The molecular formula is C24H30N4O3. The number of hydrogen-bond donors (Lipinski definition) is 1. The Morgan fingerprint density at radius 3 is 2.58 bits per heavy atom. The maximum absolute atomic E-state index is 12.7. The number of amides is 2. The van der Waals surface area contributed by atoms with Gasteiger partial charge in [0.15, 0.2) is 0 Å². The fourth-order valence-corrected chi connectivity index (χ4v) is 4.44. The second kappa shape index (κ2) is 9.06. The molecule has 2 aromatic rings. The number of ether oxygens (including phenoxy) is 1. The van der Waals surface area contributed by atoms with E-state index in [1.807, 2.05) is 48.2 Å². The normalized spacial score (nSPS) is 19.9. The topological polar surface area (TPSA) is 74.8 Å². The predicted octanol–water partition coefficient (Wildman–Crippen LogP) is 2.73. The Kier molecular flexibility index (Phi) is 6.23. The number of pyridine rings is 1. The van der Waals surface area contributed by atoms with E-state index in [2.05, 4.69) is 10.3 Å². The first-order valence-corrected chi connectivity index (χ1v) is 10.9. The van der Waals surface area contributed by atoms with E-state index in [1.54, 1.807) is 24.5 Å². The van der Waals surface area contributed by atoms with Gasteiger partial charge in [0.25, 0.3) is 11.8 Å². The number of carbonyl (C=O) groups excluding carboxylic acids is 2. The van der Waals surface area contributed by atoms with Crippen LogP contribution in [0, 0.1) is 0 Å². The van der Waals surface area contributed by atoms with Crippen molar-refractivity contribution < 1.29 is 14.3 Å². The summed E-state index contributed by atoms with van der Waals surface area (Å²) < 4.78 is 6.40.